The normalized spacial score (nSPS) is 18.0. The van der Waals surface area contributed by atoms with Crippen LogP contribution in [-0.2, 0) is 12.8 Å². The van der Waals surface area contributed by atoms with Crippen LogP contribution >= 0.6 is 0 Å². The summed E-state index contributed by atoms with van der Waals surface area (Å²) >= 11 is 0. The Hall–Kier alpha value is -1.74. The molecule has 0 saturated heterocycles. The second-order valence-electron chi connectivity index (χ2n) is 5.76. The molecule has 3 rings (SSSR count). The molecule has 0 amide bonds. The number of benzene rings is 2. The average molecular weight is 287 g/mol. The van der Waals surface area contributed by atoms with Crippen LogP contribution in [0.2, 0.25) is 0 Å². The van der Waals surface area contributed by atoms with Crippen LogP contribution in [0, 0.1) is 11.6 Å². The van der Waals surface area contributed by atoms with Gasteiger partial charge in [-0.15, -0.1) is 0 Å². The molecular formula is C18H19F2N. The van der Waals surface area contributed by atoms with Gasteiger partial charge in [0.15, 0.2) is 0 Å². The number of rotatable bonds is 5. The molecule has 0 radical (unpaired) electrons. The van der Waals surface area contributed by atoms with Crippen molar-refractivity contribution in [1.29, 1.82) is 0 Å². The summed E-state index contributed by atoms with van der Waals surface area (Å²) in [6, 6.07) is 12.5. The second-order valence-corrected chi connectivity index (χ2v) is 5.76. The number of likely N-dealkylation sites (N-methyl/N-ethyl adjacent to an activating group) is 1. The summed E-state index contributed by atoms with van der Waals surface area (Å²) in [7, 11) is 1.90. The third-order valence-electron chi connectivity index (χ3n) is 4.42. The molecule has 1 nitrogen and oxygen atoms in total. The number of nitrogens with one attached hydrogen (secondary N) is 1. The van der Waals surface area contributed by atoms with Gasteiger partial charge in [-0.05, 0) is 55.0 Å². The van der Waals surface area contributed by atoms with E-state index in [2.05, 4.69) is 29.6 Å². The van der Waals surface area contributed by atoms with Crippen LogP contribution in [0.5, 0.6) is 0 Å². The van der Waals surface area contributed by atoms with E-state index in [4.69, 9.17) is 0 Å². The van der Waals surface area contributed by atoms with Crippen molar-refractivity contribution in [2.75, 3.05) is 7.05 Å². The van der Waals surface area contributed by atoms with Crippen LogP contribution in [0.15, 0.2) is 42.5 Å². The van der Waals surface area contributed by atoms with E-state index < -0.39 is 11.6 Å². The van der Waals surface area contributed by atoms with Crippen LogP contribution in [-0.4, -0.2) is 13.1 Å². The molecule has 0 heterocycles. The van der Waals surface area contributed by atoms with Crippen molar-refractivity contribution < 1.29 is 8.78 Å². The molecule has 0 bridgehead atoms. The topological polar surface area (TPSA) is 12.0 Å². The third-order valence-corrected chi connectivity index (χ3v) is 4.42. The fourth-order valence-corrected chi connectivity index (χ4v) is 3.17. The van der Waals surface area contributed by atoms with Crippen LogP contribution in [0.4, 0.5) is 8.78 Å². The summed E-state index contributed by atoms with van der Waals surface area (Å²) in [6.07, 6.45) is 2.66. The van der Waals surface area contributed by atoms with E-state index in [1.165, 1.54) is 17.2 Å². The average Bonchev–Trinajstić information content (AvgIpc) is 2.46. The summed E-state index contributed by atoms with van der Waals surface area (Å²) in [5.74, 6) is -0.434. The van der Waals surface area contributed by atoms with Crippen molar-refractivity contribution in [3.05, 3.63) is 70.8 Å². The quantitative estimate of drug-likeness (QED) is 0.881. The van der Waals surface area contributed by atoms with E-state index in [0.717, 1.165) is 18.9 Å². The van der Waals surface area contributed by atoms with Gasteiger partial charge < -0.3 is 5.32 Å². The zero-order valence-electron chi connectivity index (χ0n) is 12.1. The first-order chi connectivity index (χ1) is 10.2. The van der Waals surface area contributed by atoms with Crippen molar-refractivity contribution in [2.45, 2.75) is 31.2 Å². The third kappa shape index (κ3) is 2.98. The van der Waals surface area contributed by atoms with Crippen molar-refractivity contribution in [2.24, 2.45) is 0 Å². The van der Waals surface area contributed by atoms with Gasteiger partial charge in [-0.1, -0.05) is 30.3 Å². The Morgan fingerprint density at radius 1 is 1.19 bits per heavy atom. The lowest BCUT2D eigenvalue weighted by Gasteiger charge is -2.33. The van der Waals surface area contributed by atoms with Crippen molar-refractivity contribution in [3.8, 4) is 0 Å². The molecule has 2 aromatic carbocycles. The number of hydrogen-bond donors (Lipinski definition) is 1. The Morgan fingerprint density at radius 3 is 2.71 bits per heavy atom. The zero-order valence-corrected chi connectivity index (χ0v) is 12.1. The number of fused-ring (bicyclic) bond motifs is 1. The van der Waals surface area contributed by atoms with E-state index >= 15 is 0 Å². The van der Waals surface area contributed by atoms with Gasteiger partial charge in [0, 0.05) is 12.1 Å². The molecule has 1 N–H and O–H groups in total. The van der Waals surface area contributed by atoms with E-state index in [1.807, 2.05) is 7.05 Å². The lowest BCUT2D eigenvalue weighted by Crippen LogP contribution is -2.32. The van der Waals surface area contributed by atoms with Crippen molar-refractivity contribution >= 4 is 0 Å². The Bertz CT molecular complexity index is 639. The van der Waals surface area contributed by atoms with Gasteiger partial charge in [-0.3, -0.25) is 0 Å². The molecular weight excluding hydrogens is 268 g/mol. The molecule has 21 heavy (non-hydrogen) atoms. The molecule has 0 saturated carbocycles. The first-order valence-corrected chi connectivity index (χ1v) is 7.36. The molecule has 2 aromatic rings. The predicted octanol–water partition coefficient (Wildman–Crippen LogP) is 3.83. The first-order valence-electron chi connectivity index (χ1n) is 7.36. The van der Waals surface area contributed by atoms with E-state index in [9.17, 15) is 8.78 Å². The number of halogens is 2. The van der Waals surface area contributed by atoms with E-state index in [0.29, 0.717) is 17.9 Å². The molecule has 0 aliphatic heterocycles. The predicted molar refractivity (Wildman–Crippen MR) is 80.4 cm³/mol. The van der Waals surface area contributed by atoms with Gasteiger partial charge in [0.1, 0.15) is 11.6 Å². The fraction of sp³-hybridized carbons (Fsp3) is 0.333. The molecule has 1 aliphatic rings. The monoisotopic (exact) mass is 287 g/mol. The first kappa shape index (κ1) is 14.2. The lowest BCUT2D eigenvalue weighted by atomic mass is 9.74. The Kier molecular flexibility index (Phi) is 4.02. The molecule has 2 atom stereocenters. The maximum absolute atomic E-state index is 13.8. The van der Waals surface area contributed by atoms with Gasteiger partial charge in [0.25, 0.3) is 0 Å². The van der Waals surface area contributed by atoms with Crippen molar-refractivity contribution in [1.82, 2.24) is 5.32 Å². The summed E-state index contributed by atoms with van der Waals surface area (Å²) < 4.78 is 26.7. The summed E-state index contributed by atoms with van der Waals surface area (Å²) in [5.41, 5.74) is 3.41. The fourth-order valence-electron chi connectivity index (χ4n) is 3.17. The highest BCUT2D eigenvalue weighted by atomic mass is 19.1. The smallest absolute Gasteiger partial charge is 0.129 e. The van der Waals surface area contributed by atoms with Crippen LogP contribution < -0.4 is 5.32 Å². The molecule has 0 spiro atoms. The zero-order chi connectivity index (χ0) is 14.8. The molecule has 3 heteroatoms. The highest BCUT2D eigenvalue weighted by molar-refractivity contribution is 5.40. The van der Waals surface area contributed by atoms with E-state index in [-0.39, 0.29) is 6.04 Å². The standard InChI is InChI=1S/C18H19F2N/c1-21-16(9-13-6-7-15(19)11-18(13)20)10-14-8-12-4-2-3-5-17(12)14/h2-7,11,14,16,21H,8-10H2,1H3. The van der Waals surface area contributed by atoms with Crippen LogP contribution in [0.3, 0.4) is 0 Å². The molecule has 1 aliphatic carbocycles. The molecule has 0 fully saturated rings. The Labute approximate surface area is 124 Å². The molecule has 110 valence electrons. The van der Waals surface area contributed by atoms with Gasteiger partial charge in [-0.2, -0.15) is 0 Å². The highest BCUT2D eigenvalue weighted by Crippen LogP contribution is 2.38. The van der Waals surface area contributed by atoms with Gasteiger partial charge in [0.2, 0.25) is 0 Å². The van der Waals surface area contributed by atoms with Crippen LogP contribution in [0.1, 0.15) is 29.0 Å². The Morgan fingerprint density at radius 2 is 2.00 bits per heavy atom. The van der Waals surface area contributed by atoms with E-state index in [1.54, 1.807) is 6.07 Å². The minimum Gasteiger partial charge on any atom is -0.317 e. The van der Waals surface area contributed by atoms with Crippen molar-refractivity contribution in [3.63, 3.8) is 0 Å². The SMILES string of the molecule is CNC(Cc1ccc(F)cc1F)CC1Cc2ccccc21. The summed E-state index contributed by atoms with van der Waals surface area (Å²) in [5, 5.41) is 3.26. The van der Waals surface area contributed by atoms with Gasteiger partial charge in [-0.25, -0.2) is 8.78 Å². The highest BCUT2D eigenvalue weighted by Gasteiger charge is 2.27. The van der Waals surface area contributed by atoms with Gasteiger partial charge in [0.05, 0.1) is 0 Å². The maximum Gasteiger partial charge on any atom is 0.129 e. The Balaban J connectivity index is 1.67. The summed E-state index contributed by atoms with van der Waals surface area (Å²) in [6.45, 7) is 0. The molecule has 2 unspecified atom stereocenters. The largest absolute Gasteiger partial charge is 0.317 e. The minimum atomic E-state index is -0.523. The number of hydrogen-bond acceptors (Lipinski definition) is 1. The summed E-state index contributed by atoms with van der Waals surface area (Å²) in [4.78, 5) is 0. The second kappa shape index (κ2) is 5.94. The van der Waals surface area contributed by atoms with Gasteiger partial charge >= 0.3 is 0 Å². The molecule has 0 aromatic heterocycles. The van der Waals surface area contributed by atoms with Crippen LogP contribution in [0.25, 0.3) is 0 Å². The maximum atomic E-state index is 13.8. The minimum absolute atomic E-state index is 0.198. The lowest BCUT2D eigenvalue weighted by molar-refractivity contribution is 0.432.